The van der Waals surface area contributed by atoms with E-state index in [4.69, 9.17) is 5.73 Å². The van der Waals surface area contributed by atoms with Crippen molar-refractivity contribution in [2.24, 2.45) is 5.73 Å². The molecule has 0 spiro atoms. The predicted octanol–water partition coefficient (Wildman–Crippen LogP) is 2.85. The van der Waals surface area contributed by atoms with Gasteiger partial charge in [-0.05, 0) is 43.7 Å². The molecule has 3 heterocycles. The number of nitrogens with zero attached hydrogens (tertiary/aromatic N) is 3. The van der Waals surface area contributed by atoms with Crippen molar-refractivity contribution in [1.82, 2.24) is 14.5 Å². The van der Waals surface area contributed by atoms with E-state index < -0.39 is 9.84 Å². The third-order valence-electron chi connectivity index (χ3n) is 4.64. The maximum atomic E-state index is 14.1. The van der Waals surface area contributed by atoms with E-state index in [1.54, 1.807) is 12.3 Å². The highest BCUT2D eigenvalue weighted by atomic mass is 32.2. The number of halogens is 1. The average molecular weight is 402 g/mol. The van der Waals surface area contributed by atoms with Gasteiger partial charge in [0.05, 0.1) is 17.6 Å². The van der Waals surface area contributed by atoms with Gasteiger partial charge in [-0.25, -0.2) is 17.8 Å². The quantitative estimate of drug-likeness (QED) is 0.685. The summed E-state index contributed by atoms with van der Waals surface area (Å²) < 4.78 is 39.2. The highest BCUT2D eigenvalue weighted by Gasteiger charge is 2.17. The van der Waals surface area contributed by atoms with Crippen LogP contribution in [0.2, 0.25) is 0 Å². The van der Waals surface area contributed by atoms with Crippen LogP contribution >= 0.6 is 0 Å². The summed E-state index contributed by atoms with van der Waals surface area (Å²) in [5.41, 5.74) is 10.7. The molecule has 0 bridgehead atoms. The van der Waals surface area contributed by atoms with Crippen LogP contribution in [0.4, 0.5) is 4.39 Å². The van der Waals surface area contributed by atoms with Gasteiger partial charge >= 0.3 is 0 Å². The molecule has 0 saturated carbocycles. The highest BCUT2D eigenvalue weighted by molar-refractivity contribution is 7.90. The van der Waals surface area contributed by atoms with Crippen LogP contribution in [-0.4, -0.2) is 35.8 Å². The Balaban J connectivity index is 2.06. The number of rotatable bonds is 6. The summed E-state index contributed by atoms with van der Waals surface area (Å²) in [5.74, 6) is -0.297. The molecule has 3 aromatic rings. The lowest BCUT2D eigenvalue weighted by molar-refractivity contribution is 0.554. The number of pyridine rings is 2. The van der Waals surface area contributed by atoms with Gasteiger partial charge in [0.2, 0.25) is 0 Å². The summed E-state index contributed by atoms with van der Waals surface area (Å²) in [7, 11) is -3.34. The first-order chi connectivity index (χ1) is 13.2. The number of hydrogen-bond donors (Lipinski definition) is 1. The molecule has 0 aliphatic carbocycles. The van der Waals surface area contributed by atoms with E-state index in [1.165, 1.54) is 12.1 Å². The van der Waals surface area contributed by atoms with E-state index in [0.717, 1.165) is 39.8 Å². The van der Waals surface area contributed by atoms with E-state index in [1.807, 2.05) is 30.5 Å². The van der Waals surface area contributed by atoms with Crippen LogP contribution in [0.25, 0.3) is 11.0 Å². The number of fused-ring (bicyclic) bond motifs is 1. The second-order valence-corrected chi connectivity index (χ2v) is 8.77. The van der Waals surface area contributed by atoms with Crippen LogP contribution < -0.4 is 5.73 Å². The Kier molecular flexibility index (Phi) is 5.62. The summed E-state index contributed by atoms with van der Waals surface area (Å²) in [4.78, 5) is 8.71. The van der Waals surface area contributed by atoms with Crippen molar-refractivity contribution in [2.45, 2.75) is 31.8 Å². The molecule has 0 amide bonds. The van der Waals surface area contributed by atoms with Gasteiger partial charge in [-0.3, -0.25) is 4.98 Å². The second kappa shape index (κ2) is 7.81. The van der Waals surface area contributed by atoms with Gasteiger partial charge in [0.15, 0.2) is 14.9 Å². The Morgan fingerprint density at radius 2 is 2.00 bits per heavy atom. The lowest BCUT2D eigenvalue weighted by Crippen LogP contribution is -2.04. The molecule has 0 atom stereocenters. The molecule has 6 nitrogen and oxygen atoms in total. The van der Waals surface area contributed by atoms with Crippen LogP contribution in [0.1, 0.15) is 22.5 Å². The molecule has 0 unspecified atom stereocenters. The lowest BCUT2D eigenvalue weighted by atomic mass is 10.1. The molecule has 28 heavy (non-hydrogen) atoms. The zero-order chi connectivity index (χ0) is 20.5. The summed E-state index contributed by atoms with van der Waals surface area (Å²) >= 11 is 0. The van der Waals surface area contributed by atoms with Crippen molar-refractivity contribution >= 4 is 20.9 Å². The maximum Gasteiger partial charge on any atom is 0.192 e. The normalized spacial score (nSPS) is 12.7. The Morgan fingerprint density at radius 3 is 2.61 bits per heavy atom. The van der Waals surface area contributed by atoms with Gasteiger partial charge < -0.3 is 10.3 Å². The van der Waals surface area contributed by atoms with E-state index in [-0.39, 0.29) is 23.9 Å². The minimum Gasteiger partial charge on any atom is -0.336 e. The fraction of sp³-hybridized carbons (Fsp3) is 0.300. The topological polar surface area (TPSA) is 90.9 Å². The van der Waals surface area contributed by atoms with Gasteiger partial charge in [0, 0.05) is 42.4 Å². The fourth-order valence-electron chi connectivity index (χ4n) is 3.20. The standard InChI is InChI=1S/C20H23FN4O2S/c1-13-4-6-18-20(24-13)17(14(2)25(18)12-16(21)8-9-22)10-15-5-7-19(23-11-15)28(3,26)27/h4-8,11H,9-10,12,22H2,1-3H3/b16-8-. The molecule has 3 rings (SSSR count). The molecule has 0 fully saturated rings. The van der Waals surface area contributed by atoms with Crippen molar-refractivity contribution < 1.29 is 12.8 Å². The molecular formula is C20H23FN4O2S. The summed E-state index contributed by atoms with van der Waals surface area (Å²) in [6.45, 7) is 4.08. The smallest absolute Gasteiger partial charge is 0.192 e. The molecule has 0 saturated heterocycles. The molecule has 3 aromatic heterocycles. The molecule has 0 aliphatic rings. The van der Waals surface area contributed by atoms with Crippen molar-refractivity contribution in [2.75, 3.05) is 12.8 Å². The predicted molar refractivity (Wildman–Crippen MR) is 108 cm³/mol. The number of nitrogens with two attached hydrogens (primary N) is 1. The lowest BCUT2D eigenvalue weighted by Gasteiger charge is -2.07. The molecule has 0 aromatic carbocycles. The third kappa shape index (κ3) is 4.13. The number of aryl methyl sites for hydroxylation is 1. The van der Waals surface area contributed by atoms with E-state index in [0.29, 0.717) is 6.42 Å². The monoisotopic (exact) mass is 402 g/mol. The average Bonchev–Trinajstić information content (AvgIpc) is 2.87. The van der Waals surface area contributed by atoms with Crippen LogP contribution in [0.15, 0.2) is 47.4 Å². The fourth-order valence-corrected chi connectivity index (χ4v) is 3.76. The van der Waals surface area contributed by atoms with Crippen LogP contribution in [-0.2, 0) is 22.8 Å². The van der Waals surface area contributed by atoms with Crippen molar-refractivity contribution in [3.8, 4) is 0 Å². The van der Waals surface area contributed by atoms with Crippen molar-refractivity contribution in [3.05, 3.63) is 64.9 Å². The van der Waals surface area contributed by atoms with Crippen molar-refractivity contribution in [3.63, 3.8) is 0 Å². The molecule has 148 valence electrons. The first kappa shape index (κ1) is 20.2. The Labute approximate surface area is 163 Å². The van der Waals surface area contributed by atoms with Crippen LogP contribution in [0, 0.1) is 13.8 Å². The largest absolute Gasteiger partial charge is 0.336 e. The number of aromatic nitrogens is 3. The summed E-state index contributed by atoms with van der Waals surface area (Å²) in [6.07, 6.45) is 4.57. The van der Waals surface area contributed by atoms with Crippen LogP contribution in [0.3, 0.4) is 0 Å². The van der Waals surface area contributed by atoms with E-state index in [9.17, 15) is 12.8 Å². The molecular weight excluding hydrogens is 379 g/mol. The Bertz CT molecular complexity index is 1150. The number of hydrogen-bond acceptors (Lipinski definition) is 5. The van der Waals surface area contributed by atoms with Gasteiger partial charge in [-0.1, -0.05) is 6.07 Å². The zero-order valence-electron chi connectivity index (χ0n) is 16.1. The van der Waals surface area contributed by atoms with Crippen LogP contribution in [0.5, 0.6) is 0 Å². The summed E-state index contributed by atoms with van der Waals surface area (Å²) in [5, 5.41) is 0.0402. The second-order valence-electron chi connectivity index (χ2n) is 6.81. The maximum absolute atomic E-state index is 14.1. The minimum absolute atomic E-state index is 0.0402. The Morgan fingerprint density at radius 1 is 1.25 bits per heavy atom. The SMILES string of the molecule is Cc1ccc2c(n1)c(Cc1ccc(S(C)(=O)=O)nc1)c(C)n2C/C(F)=C/CN. The van der Waals surface area contributed by atoms with Crippen molar-refractivity contribution in [1.29, 1.82) is 0 Å². The minimum atomic E-state index is -3.34. The van der Waals surface area contributed by atoms with Gasteiger partial charge in [0.25, 0.3) is 0 Å². The third-order valence-corrected chi connectivity index (χ3v) is 5.64. The molecule has 0 aliphatic heterocycles. The van der Waals surface area contributed by atoms with Gasteiger partial charge in [-0.15, -0.1) is 0 Å². The molecule has 2 N–H and O–H groups in total. The number of sulfone groups is 1. The highest BCUT2D eigenvalue weighted by Crippen LogP contribution is 2.28. The van der Waals surface area contributed by atoms with E-state index in [2.05, 4.69) is 9.97 Å². The zero-order valence-corrected chi connectivity index (χ0v) is 16.9. The Hall–Kier alpha value is -2.58. The molecule has 8 heteroatoms. The first-order valence-electron chi connectivity index (χ1n) is 8.85. The molecule has 0 radical (unpaired) electrons. The number of allylic oxidation sites excluding steroid dienone is 1. The first-order valence-corrected chi connectivity index (χ1v) is 10.7. The summed E-state index contributed by atoms with van der Waals surface area (Å²) in [6, 6.07) is 7.09. The van der Waals surface area contributed by atoms with Gasteiger partial charge in [0.1, 0.15) is 5.83 Å². The van der Waals surface area contributed by atoms with Gasteiger partial charge in [-0.2, -0.15) is 0 Å². The van der Waals surface area contributed by atoms with E-state index >= 15 is 0 Å².